The molecule has 0 bridgehead atoms. The number of carbonyl (C=O) groups is 1. The molecule has 2 aromatic rings. The van der Waals surface area contributed by atoms with Crippen molar-refractivity contribution >= 4 is 17.5 Å². The lowest BCUT2D eigenvalue weighted by molar-refractivity contribution is -0.110. The molecule has 1 aliphatic heterocycles. The molecule has 1 amide bonds. The van der Waals surface area contributed by atoms with Crippen LogP contribution in [0.5, 0.6) is 0 Å². The molecule has 2 fully saturated rings. The molecule has 2 aliphatic rings. The monoisotopic (exact) mass is 369 g/mol. The van der Waals surface area contributed by atoms with Gasteiger partial charge in [0.05, 0.1) is 16.2 Å². The second-order valence-corrected chi connectivity index (χ2v) is 7.88. The minimum absolute atomic E-state index is 0.0115. The van der Waals surface area contributed by atoms with E-state index >= 15 is 0 Å². The number of likely N-dealkylation sites (tertiary alicyclic amines) is 1. The van der Waals surface area contributed by atoms with Gasteiger partial charge in [-0.25, -0.2) is 0 Å². The Hall–Kier alpha value is -1.84. The van der Waals surface area contributed by atoms with E-state index < -0.39 is 5.60 Å². The van der Waals surface area contributed by atoms with Gasteiger partial charge in [-0.05, 0) is 37.0 Å². The van der Waals surface area contributed by atoms with Crippen molar-refractivity contribution in [1.82, 2.24) is 4.90 Å². The van der Waals surface area contributed by atoms with Crippen molar-refractivity contribution in [3.05, 3.63) is 70.7 Å². The second-order valence-electron chi connectivity index (χ2n) is 7.48. The molecule has 2 aromatic carbocycles. The SMILES string of the molecule is O=C(c1ccccc1Cl)N1CC[C@@](O)(c2ccccc2)[C@@H]2CCCC[C@H]21. The zero-order valence-electron chi connectivity index (χ0n) is 14.8. The maximum Gasteiger partial charge on any atom is 0.255 e. The van der Waals surface area contributed by atoms with Gasteiger partial charge in [-0.15, -0.1) is 0 Å². The lowest BCUT2D eigenvalue weighted by Crippen LogP contribution is -2.59. The highest BCUT2D eigenvalue weighted by molar-refractivity contribution is 6.33. The molecule has 3 atom stereocenters. The molecule has 4 rings (SSSR count). The van der Waals surface area contributed by atoms with Crippen LogP contribution >= 0.6 is 11.6 Å². The molecule has 1 N–H and O–H groups in total. The number of rotatable bonds is 2. The van der Waals surface area contributed by atoms with E-state index in [-0.39, 0.29) is 17.9 Å². The van der Waals surface area contributed by atoms with Crippen LogP contribution in [0, 0.1) is 5.92 Å². The Morgan fingerprint density at radius 3 is 2.50 bits per heavy atom. The summed E-state index contributed by atoms with van der Waals surface area (Å²) in [6, 6.07) is 17.3. The van der Waals surface area contributed by atoms with Gasteiger partial charge in [-0.2, -0.15) is 0 Å². The first-order chi connectivity index (χ1) is 12.6. The fourth-order valence-electron chi connectivity index (χ4n) is 4.81. The van der Waals surface area contributed by atoms with Gasteiger partial charge in [0.1, 0.15) is 0 Å². The number of benzene rings is 2. The molecule has 4 heteroatoms. The summed E-state index contributed by atoms with van der Waals surface area (Å²) in [7, 11) is 0. The molecule has 0 unspecified atom stereocenters. The molecule has 26 heavy (non-hydrogen) atoms. The van der Waals surface area contributed by atoms with Gasteiger partial charge in [-0.3, -0.25) is 4.79 Å². The maximum absolute atomic E-state index is 13.2. The number of hydrogen-bond donors (Lipinski definition) is 1. The molecular weight excluding hydrogens is 346 g/mol. The zero-order chi connectivity index (χ0) is 18.1. The number of carbonyl (C=O) groups excluding carboxylic acids is 1. The van der Waals surface area contributed by atoms with Crippen LogP contribution in [0.15, 0.2) is 54.6 Å². The third kappa shape index (κ3) is 2.93. The molecule has 136 valence electrons. The Bertz CT molecular complexity index is 794. The predicted molar refractivity (Wildman–Crippen MR) is 103 cm³/mol. The molecule has 3 nitrogen and oxygen atoms in total. The van der Waals surface area contributed by atoms with Crippen LogP contribution in [0.25, 0.3) is 0 Å². The van der Waals surface area contributed by atoms with Gasteiger partial charge in [-0.1, -0.05) is 66.9 Å². The number of halogens is 1. The summed E-state index contributed by atoms with van der Waals surface area (Å²) in [5, 5.41) is 12.1. The maximum atomic E-state index is 13.2. The average Bonchev–Trinajstić information content (AvgIpc) is 2.69. The fraction of sp³-hybridized carbons (Fsp3) is 0.409. The number of amides is 1. The first-order valence-electron chi connectivity index (χ1n) is 9.44. The van der Waals surface area contributed by atoms with Crippen LogP contribution in [0.3, 0.4) is 0 Å². The molecule has 1 saturated carbocycles. The van der Waals surface area contributed by atoms with E-state index in [9.17, 15) is 9.90 Å². The standard InChI is InChI=1S/C22H24ClNO2/c23-19-12-6-4-10-17(19)21(25)24-15-14-22(26,16-8-2-1-3-9-16)18-11-5-7-13-20(18)24/h1-4,6,8-10,12,18,20,26H,5,7,11,13-15H2/t18-,20-,22-/m1/s1. The normalized spacial score (nSPS) is 28.5. The van der Waals surface area contributed by atoms with Gasteiger partial charge in [0.15, 0.2) is 0 Å². The topological polar surface area (TPSA) is 40.5 Å². The summed E-state index contributed by atoms with van der Waals surface area (Å²) < 4.78 is 0. The molecule has 0 spiro atoms. The first kappa shape index (κ1) is 17.6. The highest BCUT2D eigenvalue weighted by Crippen LogP contribution is 2.47. The fourth-order valence-corrected chi connectivity index (χ4v) is 5.03. The second kappa shape index (κ2) is 7.05. The summed E-state index contributed by atoms with van der Waals surface area (Å²) in [4.78, 5) is 15.1. The molecule has 1 aliphatic carbocycles. The molecule has 1 saturated heterocycles. The molecule has 0 aromatic heterocycles. The molecule has 1 heterocycles. The van der Waals surface area contributed by atoms with Gasteiger partial charge >= 0.3 is 0 Å². The quantitative estimate of drug-likeness (QED) is 0.838. The van der Waals surface area contributed by atoms with Gasteiger partial charge in [0.2, 0.25) is 0 Å². The third-order valence-corrected chi connectivity index (χ3v) is 6.45. The van der Waals surface area contributed by atoms with E-state index in [1.165, 1.54) is 0 Å². The summed E-state index contributed by atoms with van der Waals surface area (Å²) in [6.07, 6.45) is 4.65. The lowest BCUT2D eigenvalue weighted by Gasteiger charge is -2.52. The smallest absolute Gasteiger partial charge is 0.255 e. The largest absolute Gasteiger partial charge is 0.385 e. The van der Waals surface area contributed by atoms with Gasteiger partial charge in [0, 0.05) is 18.5 Å². The van der Waals surface area contributed by atoms with Crippen LogP contribution in [0.1, 0.15) is 48.0 Å². The minimum atomic E-state index is -0.858. The van der Waals surface area contributed by atoms with Crippen LogP contribution in [-0.2, 0) is 5.60 Å². The number of aliphatic hydroxyl groups is 1. The summed E-state index contributed by atoms with van der Waals surface area (Å²) in [6.45, 7) is 0.552. The lowest BCUT2D eigenvalue weighted by atomic mass is 9.66. The van der Waals surface area contributed by atoms with E-state index in [1.54, 1.807) is 12.1 Å². The number of nitrogens with zero attached hydrogens (tertiary/aromatic N) is 1. The Labute approximate surface area is 159 Å². The zero-order valence-corrected chi connectivity index (χ0v) is 15.5. The van der Waals surface area contributed by atoms with Crippen LogP contribution < -0.4 is 0 Å². The Kier molecular flexibility index (Phi) is 4.76. The Balaban J connectivity index is 1.67. The Morgan fingerprint density at radius 1 is 1.04 bits per heavy atom. The minimum Gasteiger partial charge on any atom is -0.385 e. The van der Waals surface area contributed by atoms with Crippen molar-refractivity contribution < 1.29 is 9.90 Å². The van der Waals surface area contributed by atoms with Crippen molar-refractivity contribution in [2.75, 3.05) is 6.54 Å². The van der Waals surface area contributed by atoms with Crippen LogP contribution in [0.4, 0.5) is 0 Å². The van der Waals surface area contributed by atoms with E-state index in [2.05, 4.69) is 0 Å². The van der Waals surface area contributed by atoms with Crippen molar-refractivity contribution in [1.29, 1.82) is 0 Å². The van der Waals surface area contributed by atoms with Crippen molar-refractivity contribution in [3.8, 4) is 0 Å². The number of hydrogen-bond acceptors (Lipinski definition) is 2. The van der Waals surface area contributed by atoms with Crippen molar-refractivity contribution in [2.45, 2.75) is 43.7 Å². The highest BCUT2D eigenvalue weighted by atomic mass is 35.5. The first-order valence-corrected chi connectivity index (χ1v) is 9.82. The highest BCUT2D eigenvalue weighted by Gasteiger charge is 2.50. The number of fused-ring (bicyclic) bond motifs is 1. The molecular formula is C22H24ClNO2. The number of piperidine rings is 1. The summed E-state index contributed by atoms with van der Waals surface area (Å²) in [5.74, 6) is 0.0569. The van der Waals surface area contributed by atoms with Gasteiger partial charge in [0.25, 0.3) is 5.91 Å². The van der Waals surface area contributed by atoms with Crippen LogP contribution in [0.2, 0.25) is 5.02 Å². The Morgan fingerprint density at radius 2 is 1.73 bits per heavy atom. The summed E-state index contributed by atoms with van der Waals surface area (Å²) in [5.41, 5.74) is 0.675. The average molecular weight is 370 g/mol. The van der Waals surface area contributed by atoms with Crippen molar-refractivity contribution in [2.24, 2.45) is 5.92 Å². The predicted octanol–water partition coefficient (Wildman–Crippen LogP) is 4.63. The molecule has 0 radical (unpaired) electrons. The van der Waals surface area contributed by atoms with E-state index in [1.807, 2.05) is 47.4 Å². The summed E-state index contributed by atoms with van der Waals surface area (Å²) >= 11 is 6.27. The van der Waals surface area contributed by atoms with Gasteiger partial charge < -0.3 is 10.0 Å². The van der Waals surface area contributed by atoms with Crippen LogP contribution in [-0.4, -0.2) is 28.5 Å². The van der Waals surface area contributed by atoms with E-state index in [0.717, 1.165) is 31.2 Å². The van der Waals surface area contributed by atoms with E-state index in [4.69, 9.17) is 11.6 Å². The van der Waals surface area contributed by atoms with Crippen molar-refractivity contribution in [3.63, 3.8) is 0 Å². The van der Waals surface area contributed by atoms with E-state index in [0.29, 0.717) is 23.6 Å². The third-order valence-electron chi connectivity index (χ3n) is 6.12.